The van der Waals surface area contributed by atoms with Crippen molar-refractivity contribution in [3.63, 3.8) is 0 Å². The van der Waals surface area contributed by atoms with Crippen molar-refractivity contribution >= 4 is 40.4 Å². The van der Waals surface area contributed by atoms with E-state index in [4.69, 9.17) is 16.3 Å². The predicted octanol–water partition coefficient (Wildman–Crippen LogP) is 4.80. The van der Waals surface area contributed by atoms with E-state index in [1.807, 2.05) is 43.3 Å². The van der Waals surface area contributed by atoms with Crippen LogP contribution >= 0.6 is 11.6 Å². The van der Waals surface area contributed by atoms with E-state index < -0.39 is 0 Å². The number of halogens is 1. The molecule has 0 saturated carbocycles. The molecule has 32 heavy (non-hydrogen) atoms. The monoisotopic (exact) mass is 455 g/mol. The number of imide groups is 1. The van der Waals surface area contributed by atoms with Gasteiger partial charge in [-0.15, -0.1) is 0 Å². The van der Waals surface area contributed by atoms with E-state index in [2.05, 4.69) is 12.2 Å². The number of nitrogens with zero attached hydrogens (tertiary/aromatic N) is 2. The van der Waals surface area contributed by atoms with Crippen LogP contribution in [0.3, 0.4) is 0 Å². The molecule has 0 aliphatic carbocycles. The van der Waals surface area contributed by atoms with Crippen LogP contribution in [-0.2, 0) is 14.3 Å². The number of anilines is 2. The van der Waals surface area contributed by atoms with Crippen LogP contribution in [0.25, 0.3) is 5.57 Å². The summed E-state index contributed by atoms with van der Waals surface area (Å²) in [5.41, 5.74) is 3.07. The molecule has 0 bridgehead atoms. The summed E-state index contributed by atoms with van der Waals surface area (Å²) < 4.78 is 5.58. The van der Waals surface area contributed by atoms with Crippen molar-refractivity contribution in [3.05, 3.63) is 64.8 Å². The molecule has 0 spiro atoms. The van der Waals surface area contributed by atoms with Crippen LogP contribution in [0.4, 0.5) is 11.4 Å². The van der Waals surface area contributed by atoms with Crippen molar-refractivity contribution in [1.29, 1.82) is 0 Å². The largest absolute Gasteiger partial charge is 0.381 e. The summed E-state index contributed by atoms with van der Waals surface area (Å²) in [6, 6.07) is 14.7. The van der Waals surface area contributed by atoms with Crippen molar-refractivity contribution in [2.75, 3.05) is 44.1 Å². The highest BCUT2D eigenvalue weighted by Crippen LogP contribution is 2.31. The van der Waals surface area contributed by atoms with E-state index in [-0.39, 0.29) is 17.5 Å². The number of amides is 2. The summed E-state index contributed by atoms with van der Waals surface area (Å²) in [6.07, 6.45) is 2.67. The standard InChI is InChI=1S/C25H30ClN3O3/c1-4-5-16-32-17-6-15-29-24(30)22(18-7-9-19(26)10-8-18)23(25(29)31)27-20-11-13-21(14-12-20)28(2)3/h7-14,27H,4-6,15-17H2,1-3H3. The molecule has 0 unspecified atom stereocenters. The van der Waals surface area contributed by atoms with Crippen LogP contribution in [0, 0.1) is 0 Å². The van der Waals surface area contributed by atoms with Gasteiger partial charge in [-0.1, -0.05) is 37.1 Å². The van der Waals surface area contributed by atoms with Gasteiger partial charge in [0.05, 0.1) is 5.57 Å². The number of hydrogen-bond donors (Lipinski definition) is 1. The van der Waals surface area contributed by atoms with Crippen molar-refractivity contribution < 1.29 is 14.3 Å². The maximum Gasteiger partial charge on any atom is 0.278 e. The number of carbonyl (C=O) groups is 2. The number of nitrogens with one attached hydrogen (secondary N) is 1. The van der Waals surface area contributed by atoms with Crippen LogP contribution in [0.1, 0.15) is 31.7 Å². The van der Waals surface area contributed by atoms with Gasteiger partial charge in [0, 0.05) is 50.3 Å². The van der Waals surface area contributed by atoms with Crippen LogP contribution in [0.2, 0.25) is 5.02 Å². The summed E-state index contributed by atoms with van der Waals surface area (Å²) >= 11 is 6.03. The first-order valence-electron chi connectivity index (χ1n) is 10.9. The Morgan fingerprint density at radius 1 is 0.938 bits per heavy atom. The van der Waals surface area contributed by atoms with Crippen LogP contribution < -0.4 is 10.2 Å². The molecular formula is C25H30ClN3O3. The normalized spacial score (nSPS) is 13.8. The maximum atomic E-state index is 13.2. The van der Waals surface area contributed by atoms with Crippen molar-refractivity contribution in [1.82, 2.24) is 4.90 Å². The predicted molar refractivity (Wildman–Crippen MR) is 130 cm³/mol. The highest BCUT2D eigenvalue weighted by atomic mass is 35.5. The van der Waals surface area contributed by atoms with Crippen molar-refractivity contribution in [2.24, 2.45) is 0 Å². The first-order chi connectivity index (χ1) is 15.4. The fourth-order valence-electron chi connectivity index (χ4n) is 3.44. The summed E-state index contributed by atoms with van der Waals surface area (Å²) in [6.45, 7) is 3.63. The Bertz CT molecular complexity index is 969. The van der Waals surface area contributed by atoms with E-state index >= 15 is 0 Å². The Kier molecular flexibility index (Phi) is 8.31. The molecule has 0 fully saturated rings. The lowest BCUT2D eigenvalue weighted by Gasteiger charge is -2.16. The second-order valence-corrected chi connectivity index (χ2v) is 8.34. The van der Waals surface area contributed by atoms with E-state index in [9.17, 15) is 9.59 Å². The van der Waals surface area contributed by atoms with Gasteiger partial charge in [0.15, 0.2) is 0 Å². The summed E-state index contributed by atoms with van der Waals surface area (Å²) in [5, 5.41) is 3.75. The molecule has 2 amide bonds. The molecule has 6 nitrogen and oxygen atoms in total. The lowest BCUT2D eigenvalue weighted by Crippen LogP contribution is -2.34. The van der Waals surface area contributed by atoms with Crippen molar-refractivity contribution in [3.8, 4) is 0 Å². The fourth-order valence-corrected chi connectivity index (χ4v) is 3.57. The van der Waals surface area contributed by atoms with Gasteiger partial charge in [0.25, 0.3) is 11.8 Å². The van der Waals surface area contributed by atoms with Gasteiger partial charge in [0.1, 0.15) is 5.70 Å². The quantitative estimate of drug-likeness (QED) is 0.389. The second-order valence-electron chi connectivity index (χ2n) is 7.90. The molecule has 1 aliphatic rings. The van der Waals surface area contributed by atoms with Gasteiger partial charge in [-0.25, -0.2) is 0 Å². The second kappa shape index (κ2) is 11.2. The molecule has 170 valence electrons. The minimum Gasteiger partial charge on any atom is -0.381 e. The molecule has 1 N–H and O–H groups in total. The molecule has 0 atom stereocenters. The molecule has 0 radical (unpaired) electrons. The van der Waals surface area contributed by atoms with E-state index in [1.54, 1.807) is 24.3 Å². The van der Waals surface area contributed by atoms with Crippen LogP contribution in [-0.4, -0.2) is 50.6 Å². The van der Waals surface area contributed by atoms with E-state index in [1.165, 1.54) is 4.90 Å². The highest BCUT2D eigenvalue weighted by Gasteiger charge is 2.38. The van der Waals surface area contributed by atoms with E-state index in [0.717, 1.165) is 24.2 Å². The number of hydrogen-bond acceptors (Lipinski definition) is 5. The molecule has 1 aliphatic heterocycles. The molecule has 1 heterocycles. The first-order valence-corrected chi connectivity index (χ1v) is 11.3. The minimum absolute atomic E-state index is 0.279. The highest BCUT2D eigenvalue weighted by molar-refractivity contribution is 6.36. The van der Waals surface area contributed by atoms with Gasteiger partial charge in [-0.05, 0) is 54.8 Å². The van der Waals surface area contributed by atoms with E-state index in [0.29, 0.717) is 42.3 Å². The molecule has 0 aromatic heterocycles. The average molecular weight is 456 g/mol. The third kappa shape index (κ3) is 5.69. The maximum absolute atomic E-state index is 13.2. The Labute approximate surface area is 194 Å². The summed E-state index contributed by atoms with van der Waals surface area (Å²) in [7, 11) is 3.93. The topological polar surface area (TPSA) is 61.9 Å². The van der Waals surface area contributed by atoms with Crippen molar-refractivity contribution in [2.45, 2.75) is 26.2 Å². The average Bonchev–Trinajstić information content (AvgIpc) is 3.01. The Morgan fingerprint density at radius 2 is 1.59 bits per heavy atom. The molecule has 2 aromatic carbocycles. The third-order valence-electron chi connectivity index (χ3n) is 5.27. The van der Waals surface area contributed by atoms with Crippen LogP contribution in [0.5, 0.6) is 0 Å². The molecule has 2 aromatic rings. The Balaban J connectivity index is 1.82. The molecule has 7 heteroatoms. The summed E-state index contributed by atoms with van der Waals surface area (Å²) in [4.78, 5) is 29.8. The minimum atomic E-state index is -0.329. The van der Waals surface area contributed by atoms with Crippen LogP contribution in [0.15, 0.2) is 54.2 Å². The van der Waals surface area contributed by atoms with Gasteiger partial charge < -0.3 is 15.0 Å². The zero-order valence-corrected chi connectivity index (χ0v) is 19.6. The summed E-state index contributed by atoms with van der Waals surface area (Å²) in [5.74, 6) is -0.636. The lowest BCUT2D eigenvalue weighted by molar-refractivity contribution is -0.137. The SMILES string of the molecule is CCCCOCCCN1C(=O)C(Nc2ccc(N(C)C)cc2)=C(c2ccc(Cl)cc2)C1=O. The van der Waals surface area contributed by atoms with Gasteiger partial charge in [-0.2, -0.15) is 0 Å². The molecule has 0 saturated heterocycles. The Hall–Kier alpha value is -2.83. The number of benzene rings is 2. The first kappa shape index (κ1) is 23.8. The smallest absolute Gasteiger partial charge is 0.278 e. The van der Waals surface area contributed by atoms with Gasteiger partial charge in [0.2, 0.25) is 0 Å². The fraction of sp³-hybridized carbons (Fsp3) is 0.360. The molecular weight excluding hydrogens is 426 g/mol. The number of carbonyl (C=O) groups excluding carboxylic acids is 2. The van der Waals surface area contributed by atoms with Gasteiger partial charge in [-0.3, -0.25) is 14.5 Å². The zero-order chi connectivity index (χ0) is 23.1. The molecule has 3 rings (SSSR count). The number of ether oxygens (including phenoxy) is 1. The number of rotatable bonds is 11. The number of unbranched alkanes of at least 4 members (excludes halogenated alkanes) is 1. The van der Waals surface area contributed by atoms with Gasteiger partial charge >= 0.3 is 0 Å². The third-order valence-corrected chi connectivity index (χ3v) is 5.52. The Morgan fingerprint density at radius 3 is 2.22 bits per heavy atom. The zero-order valence-electron chi connectivity index (χ0n) is 18.9. The lowest BCUT2D eigenvalue weighted by atomic mass is 10.0.